The van der Waals surface area contributed by atoms with Gasteiger partial charge in [-0.05, 0) is 24.1 Å². The van der Waals surface area contributed by atoms with Crippen LogP contribution in [-0.4, -0.2) is 44.8 Å². The second-order valence-electron chi connectivity index (χ2n) is 4.84. The molecule has 1 aliphatic heterocycles. The lowest BCUT2D eigenvalue weighted by molar-refractivity contribution is -0.140. The van der Waals surface area contributed by atoms with Gasteiger partial charge in [0.15, 0.2) is 0 Å². The molecule has 0 spiro atoms. The Morgan fingerprint density at radius 3 is 2.76 bits per heavy atom. The number of aryl methyl sites for hydroxylation is 1. The highest BCUT2D eigenvalue weighted by atomic mass is 16.5. The summed E-state index contributed by atoms with van der Waals surface area (Å²) in [7, 11) is 1.38. The number of amides is 1. The molecule has 2 rings (SSSR count). The molecule has 1 atom stereocenters. The van der Waals surface area contributed by atoms with Gasteiger partial charge in [0, 0.05) is 18.7 Å². The number of carbonyl (C=O) groups excluding carboxylic acids is 2. The first kappa shape index (κ1) is 15.5. The molecule has 1 unspecified atom stereocenters. The second-order valence-corrected chi connectivity index (χ2v) is 4.84. The predicted octanol–water partition coefficient (Wildman–Crippen LogP) is 0.719. The van der Waals surface area contributed by atoms with Crippen LogP contribution in [0.4, 0.5) is 5.69 Å². The zero-order valence-electron chi connectivity index (χ0n) is 12.1. The van der Waals surface area contributed by atoms with Crippen LogP contribution in [0.25, 0.3) is 0 Å². The lowest BCUT2D eigenvalue weighted by Gasteiger charge is -2.22. The predicted molar refractivity (Wildman–Crippen MR) is 78.0 cm³/mol. The van der Waals surface area contributed by atoms with Crippen molar-refractivity contribution in [2.45, 2.75) is 18.9 Å². The molecule has 2 N–H and O–H groups in total. The summed E-state index contributed by atoms with van der Waals surface area (Å²) >= 11 is 0. The minimum Gasteiger partial charge on any atom is -0.469 e. The fraction of sp³-hybridized carbons (Fsp3) is 0.467. The molecule has 114 valence electrons. The van der Waals surface area contributed by atoms with Crippen molar-refractivity contribution in [3.05, 3.63) is 29.8 Å². The molecule has 1 heterocycles. The van der Waals surface area contributed by atoms with Gasteiger partial charge in [0.1, 0.15) is 6.04 Å². The molecule has 21 heavy (non-hydrogen) atoms. The summed E-state index contributed by atoms with van der Waals surface area (Å²) in [6.07, 6.45) is 0.977. The maximum absolute atomic E-state index is 12.0. The summed E-state index contributed by atoms with van der Waals surface area (Å²) in [6.45, 7) is 1.71. The van der Waals surface area contributed by atoms with Crippen molar-refractivity contribution >= 4 is 17.6 Å². The molecule has 0 radical (unpaired) electrons. The summed E-state index contributed by atoms with van der Waals surface area (Å²) in [5.41, 5.74) is 1.76. The Hall–Kier alpha value is -1.92. The number of carbonyl (C=O) groups is 2. The van der Waals surface area contributed by atoms with Crippen molar-refractivity contribution in [3.8, 4) is 0 Å². The Labute approximate surface area is 123 Å². The average molecular weight is 292 g/mol. The third-order valence-electron chi connectivity index (χ3n) is 3.31. The van der Waals surface area contributed by atoms with E-state index in [2.05, 4.69) is 15.4 Å². The number of esters is 1. The van der Waals surface area contributed by atoms with E-state index in [1.807, 2.05) is 24.3 Å². The highest BCUT2D eigenvalue weighted by Gasteiger charge is 2.20. The van der Waals surface area contributed by atoms with Gasteiger partial charge in [-0.3, -0.25) is 9.59 Å². The van der Waals surface area contributed by atoms with E-state index in [4.69, 9.17) is 4.74 Å². The molecule has 1 saturated heterocycles. The fourth-order valence-electron chi connectivity index (χ4n) is 2.07. The van der Waals surface area contributed by atoms with E-state index < -0.39 is 0 Å². The molecule has 0 aromatic heterocycles. The normalized spacial score (nSPS) is 18.0. The molecule has 1 aliphatic rings. The van der Waals surface area contributed by atoms with E-state index in [0.29, 0.717) is 32.6 Å². The van der Waals surface area contributed by atoms with E-state index in [9.17, 15) is 9.59 Å². The second kappa shape index (κ2) is 7.75. The monoisotopic (exact) mass is 292 g/mol. The van der Waals surface area contributed by atoms with E-state index >= 15 is 0 Å². The van der Waals surface area contributed by atoms with Crippen LogP contribution in [0.5, 0.6) is 0 Å². The quantitative estimate of drug-likeness (QED) is 0.782. The lowest BCUT2D eigenvalue weighted by Crippen LogP contribution is -2.48. The molecular weight excluding hydrogens is 272 g/mol. The zero-order valence-corrected chi connectivity index (χ0v) is 12.1. The van der Waals surface area contributed by atoms with Gasteiger partial charge < -0.3 is 20.1 Å². The maximum atomic E-state index is 12.0. The number of hydrogen-bond acceptors (Lipinski definition) is 5. The maximum Gasteiger partial charge on any atom is 0.305 e. The van der Waals surface area contributed by atoms with Crippen molar-refractivity contribution in [3.63, 3.8) is 0 Å². The molecule has 0 saturated carbocycles. The van der Waals surface area contributed by atoms with Crippen LogP contribution < -0.4 is 10.6 Å². The lowest BCUT2D eigenvalue weighted by atomic mass is 10.1. The summed E-state index contributed by atoms with van der Waals surface area (Å²) in [6, 6.07) is 7.13. The van der Waals surface area contributed by atoms with Crippen LogP contribution >= 0.6 is 0 Å². The molecule has 0 aliphatic carbocycles. The number of rotatable bonds is 5. The van der Waals surface area contributed by atoms with Crippen LogP contribution in [0.1, 0.15) is 12.0 Å². The smallest absolute Gasteiger partial charge is 0.305 e. The first-order valence-electron chi connectivity index (χ1n) is 6.97. The van der Waals surface area contributed by atoms with E-state index in [1.165, 1.54) is 7.11 Å². The number of anilines is 1. The summed E-state index contributed by atoms with van der Waals surface area (Å²) in [4.78, 5) is 23.1. The van der Waals surface area contributed by atoms with Crippen LogP contribution in [0.2, 0.25) is 0 Å². The summed E-state index contributed by atoms with van der Waals surface area (Å²) < 4.78 is 9.86. The first-order chi connectivity index (χ1) is 10.2. The van der Waals surface area contributed by atoms with Crippen molar-refractivity contribution in [2.24, 2.45) is 0 Å². The Balaban J connectivity index is 1.84. The van der Waals surface area contributed by atoms with E-state index in [-0.39, 0.29) is 17.9 Å². The number of benzene rings is 1. The Kier molecular flexibility index (Phi) is 5.71. The minimum absolute atomic E-state index is 0.1000. The largest absolute Gasteiger partial charge is 0.469 e. The third-order valence-corrected chi connectivity index (χ3v) is 3.31. The van der Waals surface area contributed by atoms with Gasteiger partial charge in [0.25, 0.3) is 0 Å². The standard InChI is InChI=1S/C15H20N2O4/c1-20-14(18)7-4-11-2-5-12(6-3-11)17-15(19)13-10-21-9-8-16-13/h2-3,5-6,13,16H,4,7-10H2,1H3,(H,17,19). The van der Waals surface area contributed by atoms with E-state index in [1.54, 1.807) is 0 Å². The van der Waals surface area contributed by atoms with Gasteiger partial charge in [0.05, 0.1) is 20.3 Å². The van der Waals surface area contributed by atoms with Crippen molar-refractivity contribution in [2.75, 3.05) is 32.2 Å². The van der Waals surface area contributed by atoms with Gasteiger partial charge in [-0.25, -0.2) is 0 Å². The molecule has 1 amide bonds. The Morgan fingerprint density at radius 2 is 2.14 bits per heavy atom. The van der Waals surface area contributed by atoms with Crippen LogP contribution in [0.3, 0.4) is 0 Å². The van der Waals surface area contributed by atoms with Gasteiger partial charge >= 0.3 is 5.97 Å². The van der Waals surface area contributed by atoms with Crippen molar-refractivity contribution < 1.29 is 19.1 Å². The molecule has 6 heteroatoms. The molecule has 6 nitrogen and oxygen atoms in total. The zero-order chi connectivity index (χ0) is 15.1. The van der Waals surface area contributed by atoms with Crippen LogP contribution in [0.15, 0.2) is 24.3 Å². The topological polar surface area (TPSA) is 76.7 Å². The Bertz CT molecular complexity index is 481. The molecular formula is C15H20N2O4. The highest BCUT2D eigenvalue weighted by Crippen LogP contribution is 2.12. The van der Waals surface area contributed by atoms with Crippen LogP contribution in [0, 0.1) is 0 Å². The van der Waals surface area contributed by atoms with Crippen molar-refractivity contribution in [1.82, 2.24) is 5.32 Å². The number of methoxy groups -OCH3 is 1. The van der Waals surface area contributed by atoms with Gasteiger partial charge in [-0.2, -0.15) is 0 Å². The average Bonchev–Trinajstić information content (AvgIpc) is 2.54. The molecule has 1 fully saturated rings. The van der Waals surface area contributed by atoms with Crippen LogP contribution in [-0.2, 0) is 25.5 Å². The minimum atomic E-state index is -0.308. The third kappa shape index (κ3) is 4.84. The number of nitrogens with one attached hydrogen (secondary N) is 2. The van der Waals surface area contributed by atoms with Gasteiger partial charge in [0.2, 0.25) is 5.91 Å². The summed E-state index contributed by atoms with van der Waals surface area (Å²) in [5, 5.41) is 5.94. The summed E-state index contributed by atoms with van der Waals surface area (Å²) in [5.74, 6) is -0.326. The number of morpholine rings is 1. The van der Waals surface area contributed by atoms with Gasteiger partial charge in [-0.15, -0.1) is 0 Å². The first-order valence-corrected chi connectivity index (χ1v) is 6.97. The highest BCUT2D eigenvalue weighted by molar-refractivity contribution is 5.95. The molecule has 1 aromatic rings. The number of ether oxygens (including phenoxy) is 2. The SMILES string of the molecule is COC(=O)CCc1ccc(NC(=O)C2COCCN2)cc1. The van der Waals surface area contributed by atoms with Gasteiger partial charge in [-0.1, -0.05) is 12.1 Å². The van der Waals surface area contributed by atoms with Crippen molar-refractivity contribution in [1.29, 1.82) is 0 Å². The Morgan fingerprint density at radius 1 is 1.38 bits per heavy atom. The molecule has 1 aromatic carbocycles. The molecule has 0 bridgehead atoms. The number of hydrogen-bond donors (Lipinski definition) is 2. The van der Waals surface area contributed by atoms with E-state index in [0.717, 1.165) is 11.3 Å². The fourth-order valence-corrected chi connectivity index (χ4v) is 2.07.